The number of benzene rings is 2. The maximum atomic E-state index is 13.1. The number of anilines is 3. The zero-order chi connectivity index (χ0) is 19.0. The van der Waals surface area contributed by atoms with Gasteiger partial charge in [0.05, 0.1) is 0 Å². The molecular weight excluding hydrogens is 336 g/mol. The van der Waals surface area contributed by atoms with E-state index in [9.17, 15) is 4.79 Å². The summed E-state index contributed by atoms with van der Waals surface area (Å²) in [5.41, 5.74) is 5.93. The van der Waals surface area contributed by atoms with Crippen molar-refractivity contribution >= 4 is 23.1 Å². The molecule has 1 amide bonds. The highest BCUT2D eigenvalue weighted by atomic mass is 16.2. The minimum absolute atomic E-state index is 0.0885. The van der Waals surface area contributed by atoms with Crippen LogP contribution in [0.4, 0.5) is 17.2 Å². The molecule has 2 aromatic carbocycles. The summed E-state index contributed by atoms with van der Waals surface area (Å²) in [7, 11) is 0. The molecule has 0 atom stereocenters. The zero-order valence-corrected chi connectivity index (χ0v) is 15.8. The molecule has 2 heterocycles. The van der Waals surface area contributed by atoms with Crippen LogP contribution in [0.15, 0.2) is 48.5 Å². The molecule has 1 aliphatic rings. The third kappa shape index (κ3) is 3.28. The Morgan fingerprint density at radius 1 is 1.04 bits per heavy atom. The van der Waals surface area contributed by atoms with Crippen molar-refractivity contribution in [3.05, 3.63) is 76.7 Å². The fourth-order valence-corrected chi connectivity index (χ4v) is 3.45. The maximum Gasteiger partial charge on any atom is 0.277 e. The van der Waals surface area contributed by atoms with Crippen molar-refractivity contribution in [3.8, 4) is 0 Å². The van der Waals surface area contributed by atoms with Gasteiger partial charge in [0, 0.05) is 24.0 Å². The van der Waals surface area contributed by atoms with E-state index in [1.54, 1.807) is 11.0 Å². The van der Waals surface area contributed by atoms with E-state index in [-0.39, 0.29) is 5.91 Å². The molecule has 0 unspecified atom stereocenters. The predicted octanol–water partition coefficient (Wildman–Crippen LogP) is 4.35. The lowest BCUT2D eigenvalue weighted by atomic mass is 10.1. The summed E-state index contributed by atoms with van der Waals surface area (Å²) in [6, 6.07) is 15.9. The topological polar surface area (TPSA) is 58.1 Å². The number of fused-ring (bicyclic) bond motifs is 1. The Hall–Kier alpha value is -3.21. The third-order valence-corrected chi connectivity index (χ3v) is 5.06. The highest BCUT2D eigenvalue weighted by Gasteiger charge is 2.26. The van der Waals surface area contributed by atoms with Crippen LogP contribution in [0.2, 0.25) is 0 Å². The first-order valence-electron chi connectivity index (χ1n) is 9.11. The minimum Gasteiger partial charge on any atom is -0.340 e. The maximum absolute atomic E-state index is 13.1. The van der Waals surface area contributed by atoms with Crippen LogP contribution < -0.4 is 10.2 Å². The van der Waals surface area contributed by atoms with Gasteiger partial charge in [0.2, 0.25) is 0 Å². The molecule has 0 fully saturated rings. The highest BCUT2D eigenvalue weighted by molar-refractivity contribution is 6.06. The Labute approximate surface area is 159 Å². The van der Waals surface area contributed by atoms with E-state index in [1.165, 1.54) is 11.1 Å². The van der Waals surface area contributed by atoms with E-state index in [1.807, 2.05) is 37.3 Å². The molecule has 136 valence electrons. The van der Waals surface area contributed by atoms with Gasteiger partial charge in [0.1, 0.15) is 17.3 Å². The molecule has 0 bridgehead atoms. The molecule has 27 heavy (non-hydrogen) atoms. The van der Waals surface area contributed by atoms with Crippen LogP contribution in [-0.2, 0) is 6.42 Å². The normalized spacial score (nSPS) is 12.8. The Bertz CT molecular complexity index is 1030. The molecule has 0 saturated carbocycles. The summed E-state index contributed by atoms with van der Waals surface area (Å²) in [6.45, 7) is 6.63. The summed E-state index contributed by atoms with van der Waals surface area (Å²) < 4.78 is 0. The van der Waals surface area contributed by atoms with E-state index >= 15 is 0 Å². The zero-order valence-electron chi connectivity index (χ0n) is 15.8. The Morgan fingerprint density at radius 3 is 2.70 bits per heavy atom. The van der Waals surface area contributed by atoms with Gasteiger partial charge in [-0.15, -0.1) is 0 Å². The van der Waals surface area contributed by atoms with E-state index < -0.39 is 0 Å². The number of carbonyl (C=O) groups excluding carboxylic acids is 1. The van der Waals surface area contributed by atoms with Crippen LogP contribution in [-0.4, -0.2) is 22.4 Å². The average molecular weight is 358 g/mol. The number of nitrogens with zero attached hydrogens (tertiary/aromatic N) is 3. The summed E-state index contributed by atoms with van der Waals surface area (Å²) in [5, 5.41) is 3.34. The molecule has 0 aliphatic carbocycles. The van der Waals surface area contributed by atoms with Crippen molar-refractivity contribution in [2.45, 2.75) is 27.2 Å². The Kier molecular flexibility index (Phi) is 4.36. The number of aromatic nitrogens is 2. The third-order valence-electron chi connectivity index (χ3n) is 5.06. The summed E-state index contributed by atoms with van der Waals surface area (Å²) >= 11 is 0. The smallest absolute Gasteiger partial charge is 0.277 e. The first kappa shape index (κ1) is 17.2. The van der Waals surface area contributed by atoms with Gasteiger partial charge in [-0.25, -0.2) is 9.97 Å². The van der Waals surface area contributed by atoms with Crippen LogP contribution in [0.3, 0.4) is 0 Å². The lowest BCUT2D eigenvalue weighted by molar-refractivity contribution is 0.0984. The van der Waals surface area contributed by atoms with Crippen LogP contribution in [0, 0.1) is 20.8 Å². The molecule has 3 aromatic rings. The predicted molar refractivity (Wildman–Crippen MR) is 108 cm³/mol. The molecule has 0 radical (unpaired) electrons. The van der Waals surface area contributed by atoms with Crippen LogP contribution >= 0.6 is 0 Å². The Balaban J connectivity index is 1.65. The highest BCUT2D eigenvalue weighted by Crippen LogP contribution is 2.29. The molecule has 1 aromatic heterocycles. The van der Waals surface area contributed by atoms with E-state index in [0.29, 0.717) is 23.9 Å². The number of hydrogen-bond donors (Lipinski definition) is 1. The Morgan fingerprint density at radius 2 is 1.85 bits per heavy atom. The van der Waals surface area contributed by atoms with Crippen molar-refractivity contribution in [1.29, 1.82) is 0 Å². The van der Waals surface area contributed by atoms with Crippen molar-refractivity contribution < 1.29 is 4.79 Å². The van der Waals surface area contributed by atoms with E-state index in [4.69, 9.17) is 0 Å². The quantitative estimate of drug-likeness (QED) is 0.756. The number of carbonyl (C=O) groups is 1. The van der Waals surface area contributed by atoms with Crippen molar-refractivity contribution in [2.75, 3.05) is 16.8 Å². The second-order valence-electron chi connectivity index (χ2n) is 6.89. The molecule has 0 saturated heterocycles. The fraction of sp³-hybridized carbons (Fsp3) is 0.227. The first-order chi connectivity index (χ1) is 13.0. The molecule has 5 nitrogen and oxygen atoms in total. The standard InChI is InChI=1S/C22H22N4O/c1-14-7-6-9-18(15(14)2)25-21-13-19(23-16(3)24-21)22(27)26-12-11-17-8-4-5-10-20(17)26/h4-10,13H,11-12H2,1-3H3,(H,23,24,25). The molecule has 4 rings (SSSR count). The number of para-hydroxylation sites is 1. The number of amides is 1. The van der Waals surface area contributed by atoms with Gasteiger partial charge >= 0.3 is 0 Å². The summed E-state index contributed by atoms with van der Waals surface area (Å²) in [6.07, 6.45) is 0.875. The number of aryl methyl sites for hydroxylation is 2. The molecule has 5 heteroatoms. The number of nitrogens with one attached hydrogen (secondary N) is 1. The van der Waals surface area contributed by atoms with Crippen LogP contribution in [0.1, 0.15) is 33.0 Å². The average Bonchev–Trinajstić information content (AvgIpc) is 3.08. The van der Waals surface area contributed by atoms with Crippen molar-refractivity contribution in [1.82, 2.24) is 9.97 Å². The second kappa shape index (κ2) is 6.83. The van der Waals surface area contributed by atoms with Crippen molar-refractivity contribution in [2.24, 2.45) is 0 Å². The van der Waals surface area contributed by atoms with E-state index in [2.05, 4.69) is 41.3 Å². The van der Waals surface area contributed by atoms with Gasteiger partial charge in [0.15, 0.2) is 0 Å². The fourth-order valence-electron chi connectivity index (χ4n) is 3.45. The SMILES string of the molecule is Cc1nc(Nc2cccc(C)c2C)cc(C(=O)N2CCc3ccccc32)n1. The first-order valence-corrected chi connectivity index (χ1v) is 9.11. The lowest BCUT2D eigenvalue weighted by Crippen LogP contribution is -2.30. The molecule has 1 N–H and O–H groups in total. The number of hydrogen-bond acceptors (Lipinski definition) is 4. The molecule has 0 spiro atoms. The monoisotopic (exact) mass is 358 g/mol. The largest absolute Gasteiger partial charge is 0.340 e. The molecular formula is C22H22N4O. The second-order valence-corrected chi connectivity index (χ2v) is 6.89. The van der Waals surface area contributed by atoms with Crippen molar-refractivity contribution in [3.63, 3.8) is 0 Å². The number of rotatable bonds is 3. The van der Waals surface area contributed by atoms with Gasteiger partial charge in [0.25, 0.3) is 5.91 Å². The lowest BCUT2D eigenvalue weighted by Gasteiger charge is -2.18. The van der Waals surface area contributed by atoms with Gasteiger partial charge in [-0.05, 0) is 56.0 Å². The minimum atomic E-state index is -0.0885. The van der Waals surface area contributed by atoms with Gasteiger partial charge in [-0.1, -0.05) is 30.3 Å². The van der Waals surface area contributed by atoms with Gasteiger partial charge < -0.3 is 10.2 Å². The van der Waals surface area contributed by atoms with E-state index in [0.717, 1.165) is 23.4 Å². The van der Waals surface area contributed by atoms with Crippen LogP contribution in [0.25, 0.3) is 0 Å². The van der Waals surface area contributed by atoms with Crippen LogP contribution in [0.5, 0.6) is 0 Å². The summed E-state index contributed by atoms with van der Waals surface area (Å²) in [5.74, 6) is 1.11. The summed E-state index contributed by atoms with van der Waals surface area (Å²) in [4.78, 5) is 23.8. The van der Waals surface area contributed by atoms with Gasteiger partial charge in [-0.3, -0.25) is 4.79 Å². The van der Waals surface area contributed by atoms with Gasteiger partial charge in [-0.2, -0.15) is 0 Å². The molecule has 1 aliphatic heterocycles.